The molecule has 3 nitrogen and oxygen atoms in total. The van der Waals surface area contributed by atoms with E-state index in [1.165, 1.54) is 71.0 Å². The topological polar surface area (TPSA) is 22.5 Å². The predicted octanol–water partition coefficient (Wildman–Crippen LogP) is 13.2. The van der Waals surface area contributed by atoms with Gasteiger partial charge in [-0.2, -0.15) is 0 Å². The Morgan fingerprint density at radius 2 is 0.902 bits per heavy atom. The minimum absolute atomic E-state index is 0.910. The highest BCUT2D eigenvalue weighted by Gasteiger charge is 2.21. The number of benzene rings is 8. The fourth-order valence-corrected chi connectivity index (χ4v) is 8.88. The number of hydrogen-bond acceptors (Lipinski definition) is 1. The van der Waals surface area contributed by atoms with Gasteiger partial charge in [-0.05, 0) is 59.7 Å². The van der Waals surface area contributed by atoms with Crippen LogP contribution in [0.3, 0.4) is 0 Å². The van der Waals surface area contributed by atoms with E-state index < -0.39 is 0 Å². The van der Waals surface area contributed by atoms with Crippen molar-refractivity contribution in [3.05, 3.63) is 170 Å². The predicted molar refractivity (Wildman–Crippen MR) is 214 cm³/mol. The van der Waals surface area contributed by atoms with E-state index in [9.17, 15) is 0 Å². The van der Waals surface area contributed by atoms with E-state index in [1.807, 2.05) is 6.07 Å². The molecule has 0 saturated heterocycles. The second kappa shape index (κ2) is 9.87. The first kappa shape index (κ1) is 27.0. The molecule has 4 aromatic heterocycles. The Bertz CT molecular complexity index is 3270. The lowest BCUT2D eigenvalue weighted by Crippen LogP contribution is -1.95. The van der Waals surface area contributed by atoms with Crippen LogP contribution >= 0.6 is 0 Å². The van der Waals surface area contributed by atoms with Crippen LogP contribution in [0.4, 0.5) is 0 Å². The van der Waals surface area contributed by atoms with Crippen molar-refractivity contribution in [1.82, 2.24) is 8.97 Å². The lowest BCUT2D eigenvalue weighted by atomic mass is 9.98. The van der Waals surface area contributed by atoms with Crippen molar-refractivity contribution in [2.24, 2.45) is 0 Å². The van der Waals surface area contributed by atoms with E-state index in [1.54, 1.807) is 0 Å². The van der Waals surface area contributed by atoms with Crippen molar-refractivity contribution in [3.63, 3.8) is 0 Å². The SMILES string of the molecule is c1ccc2c(c1)oc1c(-c3cccc4c5ccccc5n(-c5ccc(-c6cc7c8ccccc8n8c9ccccc9c(c6)c78)cc5)c34)cccc12. The van der Waals surface area contributed by atoms with Gasteiger partial charge in [0.25, 0.3) is 0 Å². The summed E-state index contributed by atoms with van der Waals surface area (Å²) in [7, 11) is 0. The number of nitrogens with zero attached hydrogens (tertiary/aromatic N) is 2. The summed E-state index contributed by atoms with van der Waals surface area (Å²) in [5.41, 5.74) is 13.8. The van der Waals surface area contributed by atoms with Gasteiger partial charge in [0.15, 0.2) is 0 Å². The van der Waals surface area contributed by atoms with Gasteiger partial charge in [-0.25, -0.2) is 0 Å². The van der Waals surface area contributed by atoms with Crippen molar-refractivity contribution in [1.29, 1.82) is 0 Å². The second-order valence-electron chi connectivity index (χ2n) is 13.7. The molecule has 0 spiro atoms. The van der Waals surface area contributed by atoms with Crippen LogP contribution in [0.1, 0.15) is 0 Å². The molecule has 0 aliphatic heterocycles. The fourth-order valence-electron chi connectivity index (χ4n) is 8.88. The van der Waals surface area contributed by atoms with E-state index in [0.717, 1.165) is 38.8 Å². The number of aromatic nitrogens is 2. The van der Waals surface area contributed by atoms with Crippen LogP contribution in [0.5, 0.6) is 0 Å². The Hall–Kier alpha value is -6.84. The maximum absolute atomic E-state index is 6.56. The van der Waals surface area contributed by atoms with E-state index in [-0.39, 0.29) is 0 Å². The maximum Gasteiger partial charge on any atom is 0.143 e. The minimum Gasteiger partial charge on any atom is -0.455 e. The molecule has 12 rings (SSSR count). The zero-order valence-electron chi connectivity index (χ0n) is 27.5. The van der Waals surface area contributed by atoms with Crippen molar-refractivity contribution >= 4 is 81.8 Å². The molecule has 51 heavy (non-hydrogen) atoms. The number of para-hydroxylation sites is 6. The number of fused-ring (bicyclic) bond motifs is 12. The molecule has 0 aliphatic rings. The van der Waals surface area contributed by atoms with Crippen LogP contribution in [0, 0.1) is 0 Å². The molecule has 0 bridgehead atoms. The fraction of sp³-hybridized carbons (Fsp3) is 0. The summed E-state index contributed by atoms with van der Waals surface area (Å²) >= 11 is 0. The summed E-state index contributed by atoms with van der Waals surface area (Å²) in [5.74, 6) is 0. The average Bonchev–Trinajstić information content (AvgIpc) is 3.93. The molecule has 3 heteroatoms. The van der Waals surface area contributed by atoms with Gasteiger partial charge < -0.3 is 13.4 Å². The molecular formula is C48H28N2O. The summed E-state index contributed by atoms with van der Waals surface area (Å²) < 4.78 is 11.4. The third kappa shape index (κ3) is 3.57. The summed E-state index contributed by atoms with van der Waals surface area (Å²) in [6.07, 6.45) is 0. The Balaban J connectivity index is 1.08. The lowest BCUT2D eigenvalue weighted by Gasteiger charge is -2.13. The average molecular weight is 649 g/mol. The third-order valence-corrected chi connectivity index (χ3v) is 11.1. The van der Waals surface area contributed by atoms with E-state index >= 15 is 0 Å². The first-order valence-electron chi connectivity index (χ1n) is 17.5. The highest BCUT2D eigenvalue weighted by molar-refractivity contribution is 6.24. The first-order valence-corrected chi connectivity index (χ1v) is 17.5. The van der Waals surface area contributed by atoms with Gasteiger partial charge in [0.05, 0.1) is 27.6 Å². The van der Waals surface area contributed by atoms with Crippen LogP contribution in [-0.2, 0) is 0 Å². The molecule has 0 aliphatic carbocycles. The Labute approximate surface area is 292 Å². The molecular weight excluding hydrogens is 621 g/mol. The molecule has 0 fully saturated rings. The molecule has 0 radical (unpaired) electrons. The first-order chi connectivity index (χ1) is 25.3. The molecule has 12 aromatic rings. The van der Waals surface area contributed by atoms with Gasteiger partial charge in [0.1, 0.15) is 11.2 Å². The zero-order valence-corrected chi connectivity index (χ0v) is 27.5. The van der Waals surface area contributed by atoms with Gasteiger partial charge in [-0.3, -0.25) is 0 Å². The van der Waals surface area contributed by atoms with E-state index in [2.05, 4.69) is 173 Å². The number of furan rings is 1. The van der Waals surface area contributed by atoms with E-state index in [0.29, 0.717) is 0 Å². The van der Waals surface area contributed by atoms with Crippen LogP contribution < -0.4 is 0 Å². The normalized spacial score (nSPS) is 12.3. The zero-order chi connectivity index (χ0) is 33.2. The van der Waals surface area contributed by atoms with Gasteiger partial charge in [-0.1, -0.05) is 121 Å². The van der Waals surface area contributed by atoms with Crippen LogP contribution in [0.2, 0.25) is 0 Å². The quantitative estimate of drug-likeness (QED) is 0.187. The largest absolute Gasteiger partial charge is 0.455 e. The Morgan fingerprint density at radius 1 is 0.353 bits per heavy atom. The molecule has 0 saturated carbocycles. The van der Waals surface area contributed by atoms with Crippen molar-refractivity contribution in [2.45, 2.75) is 0 Å². The maximum atomic E-state index is 6.56. The third-order valence-electron chi connectivity index (χ3n) is 11.1. The highest BCUT2D eigenvalue weighted by Crippen LogP contribution is 2.44. The standard InChI is InChI=1S/C48H28N2O/c1-5-19-42-32(11-1)36-15-9-16-37(39-18-10-17-38-35-14-4-8-22-45(35)51-48(38)39)46(36)49(42)31-25-23-29(24-26-31)30-27-40-33-12-2-6-20-43(33)50-44-21-7-3-13-34(44)41(28-30)47(40)50/h1-28H. The summed E-state index contributed by atoms with van der Waals surface area (Å²) in [6, 6.07) is 61.7. The summed E-state index contributed by atoms with van der Waals surface area (Å²) in [5, 5.41) is 9.91. The van der Waals surface area contributed by atoms with Crippen LogP contribution in [0.25, 0.3) is 110 Å². The Kier molecular flexibility index (Phi) is 5.23. The van der Waals surface area contributed by atoms with Crippen molar-refractivity contribution in [3.8, 4) is 27.9 Å². The van der Waals surface area contributed by atoms with Gasteiger partial charge in [0, 0.05) is 59.9 Å². The van der Waals surface area contributed by atoms with Gasteiger partial charge in [0.2, 0.25) is 0 Å². The van der Waals surface area contributed by atoms with Gasteiger partial charge >= 0.3 is 0 Å². The van der Waals surface area contributed by atoms with Crippen molar-refractivity contribution < 1.29 is 4.42 Å². The monoisotopic (exact) mass is 648 g/mol. The van der Waals surface area contributed by atoms with Crippen LogP contribution in [0.15, 0.2) is 174 Å². The smallest absolute Gasteiger partial charge is 0.143 e. The molecule has 0 amide bonds. The number of rotatable bonds is 3. The second-order valence-corrected chi connectivity index (χ2v) is 13.7. The Morgan fingerprint density at radius 3 is 1.61 bits per heavy atom. The highest BCUT2D eigenvalue weighted by atomic mass is 16.3. The molecule has 4 heterocycles. The van der Waals surface area contributed by atoms with Crippen molar-refractivity contribution in [2.75, 3.05) is 0 Å². The van der Waals surface area contributed by atoms with E-state index in [4.69, 9.17) is 4.42 Å². The molecule has 0 N–H and O–H groups in total. The molecule has 0 atom stereocenters. The molecule has 236 valence electrons. The summed E-state index contributed by atoms with van der Waals surface area (Å²) in [4.78, 5) is 0. The van der Waals surface area contributed by atoms with Crippen LogP contribution in [-0.4, -0.2) is 8.97 Å². The summed E-state index contributed by atoms with van der Waals surface area (Å²) in [6.45, 7) is 0. The molecule has 8 aromatic carbocycles. The molecule has 0 unspecified atom stereocenters. The minimum atomic E-state index is 0.910. The van der Waals surface area contributed by atoms with Gasteiger partial charge in [-0.15, -0.1) is 0 Å². The number of hydrogen-bond donors (Lipinski definition) is 0. The lowest BCUT2D eigenvalue weighted by molar-refractivity contribution is 0.670.